The van der Waals surface area contributed by atoms with Gasteiger partial charge in [-0.05, 0) is 0 Å². The molecule has 21 heavy (non-hydrogen) atoms. The first-order valence-electron chi connectivity index (χ1n) is 8.92. The first-order valence-corrected chi connectivity index (χ1v) is 16.4. The molecule has 0 atom stereocenters. The molecule has 0 aliphatic heterocycles. The molecule has 3 nitrogen and oxygen atoms in total. The van der Waals surface area contributed by atoms with E-state index in [0.29, 0.717) is 0 Å². The van der Waals surface area contributed by atoms with Gasteiger partial charge in [0.05, 0.1) is 0 Å². The number of hydrogen-bond donors (Lipinski definition) is 0. The molecule has 1 radical (unpaired) electrons. The van der Waals surface area contributed by atoms with Gasteiger partial charge in [0.25, 0.3) is 0 Å². The van der Waals surface area contributed by atoms with Crippen molar-refractivity contribution in [2.24, 2.45) is 0 Å². The van der Waals surface area contributed by atoms with Crippen molar-refractivity contribution in [3.8, 4) is 0 Å². The Kier molecular flexibility index (Phi) is 9.61. The quantitative estimate of drug-likeness (QED) is 0.483. The van der Waals surface area contributed by atoms with Crippen molar-refractivity contribution in [2.75, 3.05) is 0 Å². The SMILES string of the molecule is [CH2]CCn1c[c]([Sn]([CH2]CCC)([CH2]CCC)[CH2]CCC)nn1. The molecule has 0 unspecified atom stereocenters. The molecule has 0 aromatic carbocycles. The molecule has 0 saturated heterocycles. The molecule has 121 valence electrons. The molecular weight excluding hydrogens is 365 g/mol. The maximum absolute atomic E-state index is 4.64. The van der Waals surface area contributed by atoms with Crippen molar-refractivity contribution in [3.63, 3.8) is 0 Å². The van der Waals surface area contributed by atoms with Crippen LogP contribution in [0.5, 0.6) is 0 Å². The van der Waals surface area contributed by atoms with Gasteiger partial charge in [0.2, 0.25) is 0 Å². The van der Waals surface area contributed by atoms with Crippen molar-refractivity contribution >= 4 is 22.1 Å². The summed E-state index contributed by atoms with van der Waals surface area (Å²) in [6, 6.07) is 0. The first kappa shape index (κ1) is 19.0. The Balaban J connectivity index is 2.97. The zero-order chi connectivity index (χ0) is 15.6. The number of aromatic nitrogens is 3. The van der Waals surface area contributed by atoms with Crippen LogP contribution in [0.1, 0.15) is 65.7 Å². The van der Waals surface area contributed by atoms with Gasteiger partial charge >= 0.3 is 136 Å². The fourth-order valence-corrected chi connectivity index (χ4v) is 18.2. The first-order chi connectivity index (χ1) is 10.2. The van der Waals surface area contributed by atoms with Crippen LogP contribution in [-0.4, -0.2) is 33.4 Å². The molecule has 0 N–H and O–H groups in total. The summed E-state index contributed by atoms with van der Waals surface area (Å²) in [6.07, 6.45) is 11.2. The van der Waals surface area contributed by atoms with Crippen molar-refractivity contribution < 1.29 is 0 Å². The zero-order valence-corrected chi connectivity index (χ0v) is 17.3. The van der Waals surface area contributed by atoms with Crippen molar-refractivity contribution in [3.05, 3.63) is 13.1 Å². The Bertz CT molecular complexity index is 354. The molecular formula is C17H34N3Sn. The summed E-state index contributed by atoms with van der Waals surface area (Å²) in [5, 5.41) is 9.02. The molecule has 0 saturated carbocycles. The van der Waals surface area contributed by atoms with E-state index in [1.54, 1.807) is 0 Å². The van der Waals surface area contributed by atoms with E-state index in [1.165, 1.54) is 55.5 Å². The Labute approximate surface area is 135 Å². The van der Waals surface area contributed by atoms with Gasteiger partial charge in [0.15, 0.2) is 0 Å². The fraction of sp³-hybridized carbons (Fsp3) is 0.824. The van der Waals surface area contributed by atoms with Crippen LogP contribution in [0, 0.1) is 6.92 Å². The number of aryl methyl sites for hydroxylation is 1. The summed E-state index contributed by atoms with van der Waals surface area (Å²) in [7, 11) is 0. The van der Waals surface area contributed by atoms with Gasteiger partial charge in [-0.25, -0.2) is 0 Å². The average molecular weight is 399 g/mol. The van der Waals surface area contributed by atoms with Crippen LogP contribution >= 0.6 is 0 Å². The van der Waals surface area contributed by atoms with Gasteiger partial charge in [0.1, 0.15) is 0 Å². The van der Waals surface area contributed by atoms with Crippen LogP contribution in [0.4, 0.5) is 0 Å². The van der Waals surface area contributed by atoms with Gasteiger partial charge < -0.3 is 0 Å². The topological polar surface area (TPSA) is 30.7 Å². The number of hydrogen-bond acceptors (Lipinski definition) is 2. The predicted molar refractivity (Wildman–Crippen MR) is 94.5 cm³/mol. The van der Waals surface area contributed by atoms with Crippen LogP contribution in [0.15, 0.2) is 6.20 Å². The van der Waals surface area contributed by atoms with E-state index in [9.17, 15) is 0 Å². The fourth-order valence-electron chi connectivity index (χ4n) is 3.12. The molecule has 0 amide bonds. The third kappa shape index (κ3) is 5.91. The summed E-state index contributed by atoms with van der Waals surface area (Å²) in [5.41, 5.74) is 0. The van der Waals surface area contributed by atoms with Crippen LogP contribution in [0.3, 0.4) is 0 Å². The second-order valence-electron chi connectivity index (χ2n) is 6.31. The van der Waals surface area contributed by atoms with E-state index < -0.39 is 18.4 Å². The third-order valence-electron chi connectivity index (χ3n) is 4.50. The second kappa shape index (κ2) is 10.6. The van der Waals surface area contributed by atoms with Gasteiger partial charge in [-0.3, -0.25) is 0 Å². The summed E-state index contributed by atoms with van der Waals surface area (Å²) in [6.45, 7) is 11.8. The molecule has 0 fully saturated rings. The second-order valence-corrected chi connectivity index (χ2v) is 19.4. The summed E-state index contributed by atoms with van der Waals surface area (Å²) in [4.78, 5) is 0. The number of unbranched alkanes of at least 4 members (excludes halogenated alkanes) is 3. The number of nitrogens with zero attached hydrogens (tertiary/aromatic N) is 3. The Morgan fingerprint density at radius 3 is 1.95 bits per heavy atom. The van der Waals surface area contributed by atoms with E-state index in [1.807, 2.05) is 4.68 Å². The molecule has 0 aliphatic rings. The van der Waals surface area contributed by atoms with Crippen molar-refractivity contribution in [1.29, 1.82) is 0 Å². The third-order valence-corrected chi connectivity index (χ3v) is 19.5. The summed E-state index contributed by atoms with van der Waals surface area (Å²) < 4.78 is 7.86. The zero-order valence-electron chi connectivity index (χ0n) is 14.4. The van der Waals surface area contributed by atoms with E-state index >= 15 is 0 Å². The van der Waals surface area contributed by atoms with Crippen LogP contribution in [0.25, 0.3) is 0 Å². The van der Waals surface area contributed by atoms with Crippen molar-refractivity contribution in [2.45, 2.75) is 85.6 Å². The maximum atomic E-state index is 4.64. The molecule has 1 aromatic rings. The predicted octanol–water partition coefficient (Wildman–Crippen LogP) is 4.56. The average Bonchev–Trinajstić information content (AvgIpc) is 2.96. The normalized spacial score (nSPS) is 12.0. The Morgan fingerprint density at radius 1 is 1.00 bits per heavy atom. The summed E-state index contributed by atoms with van der Waals surface area (Å²) >= 11 is -2.33. The van der Waals surface area contributed by atoms with Gasteiger partial charge in [-0.2, -0.15) is 0 Å². The minimum absolute atomic E-state index is 0.893. The van der Waals surface area contributed by atoms with Gasteiger partial charge in [-0.15, -0.1) is 0 Å². The van der Waals surface area contributed by atoms with Gasteiger partial charge in [-0.1, -0.05) is 0 Å². The monoisotopic (exact) mass is 400 g/mol. The van der Waals surface area contributed by atoms with Crippen molar-refractivity contribution in [1.82, 2.24) is 15.0 Å². The van der Waals surface area contributed by atoms with Crippen LogP contribution < -0.4 is 3.71 Å². The summed E-state index contributed by atoms with van der Waals surface area (Å²) in [5.74, 6) is 0. The molecule has 0 spiro atoms. The Hall–Kier alpha value is -0.0613. The van der Waals surface area contributed by atoms with E-state index in [4.69, 9.17) is 0 Å². The van der Waals surface area contributed by atoms with Gasteiger partial charge in [0, 0.05) is 0 Å². The van der Waals surface area contributed by atoms with E-state index in [2.05, 4.69) is 44.2 Å². The van der Waals surface area contributed by atoms with E-state index in [-0.39, 0.29) is 0 Å². The standard InChI is InChI=1S/C5H7N3.3C4H9.Sn/c1-2-4-8-5-3-6-7-8;3*1-3-4-2;/h5H,1-2,4H2;3*1,3-4H2,2H3;. The van der Waals surface area contributed by atoms with Crippen LogP contribution in [0.2, 0.25) is 13.3 Å². The number of rotatable bonds is 12. The van der Waals surface area contributed by atoms with E-state index in [0.717, 1.165) is 13.0 Å². The molecule has 1 rings (SSSR count). The molecule has 1 heterocycles. The minimum atomic E-state index is -2.33. The molecule has 0 aliphatic carbocycles. The molecule has 1 aromatic heterocycles. The Morgan fingerprint density at radius 2 is 1.52 bits per heavy atom. The molecule has 0 bridgehead atoms. The van der Waals surface area contributed by atoms with Crippen LogP contribution in [-0.2, 0) is 6.54 Å². The molecule has 4 heteroatoms.